The highest BCUT2D eigenvalue weighted by atomic mass is 19.1. The molecule has 0 saturated carbocycles. The van der Waals surface area contributed by atoms with E-state index in [9.17, 15) is 23.9 Å². The Kier molecular flexibility index (Phi) is 6.01. The molecule has 33 heavy (non-hydrogen) atoms. The molecule has 0 atom stereocenters. The van der Waals surface area contributed by atoms with Gasteiger partial charge in [-0.05, 0) is 48.5 Å². The maximum Gasteiger partial charge on any atom is 0.277 e. The second kappa shape index (κ2) is 9.05. The normalized spacial score (nSPS) is 10.9. The number of fused-ring (bicyclic) bond motifs is 1. The van der Waals surface area contributed by atoms with Crippen LogP contribution in [0.3, 0.4) is 0 Å². The summed E-state index contributed by atoms with van der Waals surface area (Å²) >= 11 is 0. The summed E-state index contributed by atoms with van der Waals surface area (Å²) in [5.41, 5.74) is 1.92. The predicted octanol–water partition coefficient (Wildman–Crippen LogP) is 2.39. The standard InChI is InChI=1S/C23H20FN5O4/c1-14(31)25-17-6-8-18(9-7-17)26-20(32)12-28-10-11-29-22(23(28)33)19(13-30)21(27-29)15-2-4-16(24)5-3-15/h2-11,30H,12-13H2,1H3,(H,25,31)(H,26,32). The molecule has 2 heterocycles. The van der Waals surface area contributed by atoms with Gasteiger partial charge >= 0.3 is 0 Å². The Hall–Kier alpha value is -4.31. The Bertz CT molecular complexity index is 1390. The second-order valence-electron chi connectivity index (χ2n) is 7.32. The van der Waals surface area contributed by atoms with Gasteiger partial charge in [-0.1, -0.05) is 0 Å². The Balaban J connectivity index is 1.59. The first kappa shape index (κ1) is 21.9. The molecule has 0 unspecified atom stereocenters. The van der Waals surface area contributed by atoms with Crippen LogP contribution in [-0.2, 0) is 22.7 Å². The van der Waals surface area contributed by atoms with Crippen LogP contribution in [0.4, 0.5) is 15.8 Å². The Morgan fingerprint density at radius 2 is 1.64 bits per heavy atom. The van der Waals surface area contributed by atoms with Crippen molar-refractivity contribution in [2.24, 2.45) is 0 Å². The molecular weight excluding hydrogens is 429 g/mol. The molecule has 2 amide bonds. The van der Waals surface area contributed by atoms with Crippen LogP contribution in [0.1, 0.15) is 12.5 Å². The summed E-state index contributed by atoms with van der Waals surface area (Å²) in [6, 6.07) is 12.1. The van der Waals surface area contributed by atoms with E-state index in [4.69, 9.17) is 0 Å². The number of hydrogen-bond acceptors (Lipinski definition) is 5. The van der Waals surface area contributed by atoms with Gasteiger partial charge in [-0.25, -0.2) is 8.91 Å². The Morgan fingerprint density at radius 3 is 2.24 bits per heavy atom. The molecule has 10 heteroatoms. The lowest BCUT2D eigenvalue weighted by atomic mass is 10.1. The predicted molar refractivity (Wildman–Crippen MR) is 120 cm³/mol. The molecule has 168 valence electrons. The number of anilines is 2. The molecule has 0 fully saturated rings. The summed E-state index contributed by atoms with van der Waals surface area (Å²) in [6.45, 7) is 0.683. The van der Waals surface area contributed by atoms with Gasteiger partial charge in [0.1, 0.15) is 17.9 Å². The third-order valence-corrected chi connectivity index (χ3v) is 4.94. The molecule has 3 N–H and O–H groups in total. The van der Waals surface area contributed by atoms with Crippen molar-refractivity contribution < 1.29 is 19.1 Å². The summed E-state index contributed by atoms with van der Waals surface area (Å²) in [5.74, 6) is -1.05. The van der Waals surface area contributed by atoms with E-state index in [0.29, 0.717) is 22.6 Å². The molecule has 0 bridgehead atoms. The molecule has 0 saturated heterocycles. The second-order valence-corrected chi connectivity index (χ2v) is 7.32. The lowest BCUT2D eigenvalue weighted by Gasteiger charge is -2.09. The number of carbonyl (C=O) groups excluding carboxylic acids is 2. The molecule has 0 aliphatic heterocycles. The average molecular weight is 449 g/mol. The molecule has 0 spiro atoms. The number of nitrogens with one attached hydrogen (secondary N) is 2. The maximum atomic E-state index is 13.3. The summed E-state index contributed by atoms with van der Waals surface area (Å²) in [6.07, 6.45) is 2.94. The molecule has 0 radical (unpaired) electrons. The third kappa shape index (κ3) is 4.65. The fourth-order valence-corrected chi connectivity index (χ4v) is 3.46. The lowest BCUT2D eigenvalue weighted by molar-refractivity contribution is -0.117. The van der Waals surface area contributed by atoms with Gasteiger partial charge in [-0.15, -0.1) is 0 Å². The van der Waals surface area contributed by atoms with Crippen LogP contribution in [0, 0.1) is 5.82 Å². The minimum atomic E-state index is -0.501. The number of rotatable bonds is 6. The van der Waals surface area contributed by atoms with E-state index in [-0.39, 0.29) is 23.5 Å². The maximum absolute atomic E-state index is 13.3. The van der Waals surface area contributed by atoms with Crippen molar-refractivity contribution in [3.8, 4) is 11.3 Å². The molecule has 2 aromatic carbocycles. The third-order valence-electron chi connectivity index (χ3n) is 4.94. The number of aliphatic hydroxyl groups is 1. The highest BCUT2D eigenvalue weighted by Gasteiger charge is 2.18. The zero-order valence-corrected chi connectivity index (χ0v) is 17.6. The van der Waals surface area contributed by atoms with E-state index >= 15 is 0 Å². The summed E-state index contributed by atoms with van der Waals surface area (Å²) < 4.78 is 15.8. The Labute approximate surface area is 187 Å². The van der Waals surface area contributed by atoms with Gasteiger partial charge in [0.15, 0.2) is 0 Å². The molecule has 0 aliphatic rings. The Morgan fingerprint density at radius 1 is 1.00 bits per heavy atom. The number of benzene rings is 2. The van der Waals surface area contributed by atoms with Crippen LogP contribution in [-0.4, -0.2) is 31.1 Å². The number of carbonyl (C=O) groups is 2. The van der Waals surface area contributed by atoms with Gasteiger partial charge in [-0.3, -0.25) is 14.4 Å². The summed E-state index contributed by atoms with van der Waals surface area (Å²) in [5, 5.41) is 19.6. The van der Waals surface area contributed by atoms with E-state index in [1.54, 1.807) is 24.3 Å². The van der Waals surface area contributed by atoms with Crippen molar-refractivity contribution in [1.29, 1.82) is 0 Å². The molecule has 2 aromatic heterocycles. The van der Waals surface area contributed by atoms with Gasteiger partial charge in [0.25, 0.3) is 5.56 Å². The lowest BCUT2D eigenvalue weighted by Crippen LogP contribution is -2.28. The number of amides is 2. The molecule has 0 aliphatic carbocycles. The van der Waals surface area contributed by atoms with Gasteiger partial charge in [0.2, 0.25) is 11.8 Å². The van der Waals surface area contributed by atoms with Gasteiger partial charge in [0.05, 0.1) is 12.3 Å². The first-order valence-corrected chi connectivity index (χ1v) is 10.0. The number of hydrogen-bond donors (Lipinski definition) is 3. The van der Waals surface area contributed by atoms with Gasteiger partial charge < -0.3 is 20.3 Å². The molecule has 9 nitrogen and oxygen atoms in total. The molecule has 4 aromatic rings. The number of aromatic nitrogens is 3. The van der Waals surface area contributed by atoms with E-state index < -0.39 is 23.9 Å². The fourth-order valence-electron chi connectivity index (χ4n) is 3.46. The van der Waals surface area contributed by atoms with E-state index in [1.165, 1.54) is 52.7 Å². The molecule has 4 rings (SSSR count). The van der Waals surface area contributed by atoms with Crippen LogP contribution < -0.4 is 16.2 Å². The fraction of sp³-hybridized carbons (Fsp3) is 0.130. The van der Waals surface area contributed by atoms with Gasteiger partial charge in [0, 0.05) is 41.8 Å². The van der Waals surface area contributed by atoms with Crippen molar-refractivity contribution in [3.05, 3.63) is 82.7 Å². The first-order valence-electron chi connectivity index (χ1n) is 10.0. The van der Waals surface area contributed by atoms with E-state index in [2.05, 4.69) is 15.7 Å². The quantitative estimate of drug-likeness (QED) is 0.418. The number of aliphatic hydroxyl groups excluding tert-OH is 1. The minimum absolute atomic E-state index is 0.131. The van der Waals surface area contributed by atoms with E-state index in [0.717, 1.165) is 0 Å². The van der Waals surface area contributed by atoms with Crippen molar-refractivity contribution in [3.63, 3.8) is 0 Å². The average Bonchev–Trinajstić information content (AvgIpc) is 3.16. The zero-order chi connectivity index (χ0) is 23.5. The van der Waals surface area contributed by atoms with Crippen LogP contribution in [0.15, 0.2) is 65.7 Å². The highest BCUT2D eigenvalue weighted by molar-refractivity contribution is 5.92. The van der Waals surface area contributed by atoms with Crippen LogP contribution in [0.5, 0.6) is 0 Å². The topological polar surface area (TPSA) is 118 Å². The van der Waals surface area contributed by atoms with Crippen molar-refractivity contribution in [2.75, 3.05) is 10.6 Å². The van der Waals surface area contributed by atoms with Crippen LogP contribution >= 0.6 is 0 Å². The first-order chi connectivity index (χ1) is 15.9. The molecular formula is C23H20FN5O4. The zero-order valence-electron chi connectivity index (χ0n) is 17.6. The highest BCUT2D eigenvalue weighted by Crippen LogP contribution is 2.25. The summed E-state index contributed by atoms with van der Waals surface area (Å²) in [4.78, 5) is 36.6. The van der Waals surface area contributed by atoms with Crippen molar-refractivity contribution in [1.82, 2.24) is 14.2 Å². The monoisotopic (exact) mass is 449 g/mol. The minimum Gasteiger partial charge on any atom is -0.392 e. The SMILES string of the molecule is CC(=O)Nc1ccc(NC(=O)Cn2ccn3nc(-c4ccc(F)cc4)c(CO)c3c2=O)cc1. The van der Waals surface area contributed by atoms with E-state index in [1.807, 2.05) is 0 Å². The number of nitrogens with zero attached hydrogens (tertiary/aromatic N) is 3. The largest absolute Gasteiger partial charge is 0.392 e. The van der Waals surface area contributed by atoms with Crippen molar-refractivity contribution in [2.45, 2.75) is 20.1 Å². The van der Waals surface area contributed by atoms with Gasteiger partial charge in [-0.2, -0.15) is 5.10 Å². The van der Waals surface area contributed by atoms with Crippen molar-refractivity contribution >= 4 is 28.7 Å². The van der Waals surface area contributed by atoms with Crippen LogP contribution in [0.2, 0.25) is 0 Å². The smallest absolute Gasteiger partial charge is 0.277 e. The summed E-state index contributed by atoms with van der Waals surface area (Å²) in [7, 11) is 0. The number of halogens is 1. The van der Waals surface area contributed by atoms with Crippen LogP contribution in [0.25, 0.3) is 16.8 Å².